The van der Waals surface area contributed by atoms with Crippen LogP contribution in [-0.2, 0) is 4.79 Å². The van der Waals surface area contributed by atoms with E-state index in [0.29, 0.717) is 0 Å². The van der Waals surface area contributed by atoms with Gasteiger partial charge in [-0.3, -0.25) is 0 Å². The SMILES string of the molecule is C=C(C(=O)O)c1ccccc1N=NF. The van der Waals surface area contributed by atoms with Crippen molar-refractivity contribution in [3.8, 4) is 0 Å². The van der Waals surface area contributed by atoms with Gasteiger partial charge in [0.05, 0.1) is 11.3 Å². The minimum absolute atomic E-state index is 0.141. The minimum Gasteiger partial charge on any atom is -0.478 e. The Morgan fingerprint density at radius 3 is 2.64 bits per heavy atom. The lowest BCUT2D eigenvalue weighted by Gasteiger charge is -2.02. The molecule has 0 radical (unpaired) electrons. The number of nitrogens with zero attached hydrogens (tertiary/aromatic N) is 2. The normalized spacial score (nSPS) is 10.4. The van der Waals surface area contributed by atoms with Gasteiger partial charge in [-0.1, -0.05) is 29.3 Å². The zero-order valence-electron chi connectivity index (χ0n) is 7.14. The lowest BCUT2D eigenvalue weighted by atomic mass is 10.1. The molecule has 14 heavy (non-hydrogen) atoms. The molecule has 0 bridgehead atoms. The Morgan fingerprint density at radius 2 is 2.07 bits per heavy atom. The van der Waals surface area contributed by atoms with Crippen molar-refractivity contribution in [3.05, 3.63) is 36.4 Å². The van der Waals surface area contributed by atoms with Crippen LogP contribution in [0.3, 0.4) is 0 Å². The maximum absolute atomic E-state index is 11.6. The van der Waals surface area contributed by atoms with E-state index in [1.807, 2.05) is 0 Å². The van der Waals surface area contributed by atoms with Crippen molar-refractivity contribution in [2.24, 2.45) is 10.5 Å². The highest BCUT2D eigenvalue weighted by Crippen LogP contribution is 2.25. The quantitative estimate of drug-likeness (QED) is 0.594. The molecule has 1 aromatic carbocycles. The average molecular weight is 194 g/mol. The third kappa shape index (κ3) is 2.01. The first-order valence-electron chi connectivity index (χ1n) is 3.70. The van der Waals surface area contributed by atoms with E-state index in [9.17, 15) is 9.28 Å². The Kier molecular flexibility index (Phi) is 3.06. The van der Waals surface area contributed by atoms with Crippen molar-refractivity contribution in [1.29, 1.82) is 0 Å². The molecule has 0 unspecified atom stereocenters. The first kappa shape index (κ1) is 10.0. The Bertz CT molecular complexity index is 402. The van der Waals surface area contributed by atoms with E-state index >= 15 is 0 Å². The molecule has 0 saturated heterocycles. The molecule has 4 nitrogen and oxygen atoms in total. The van der Waals surface area contributed by atoms with Crippen molar-refractivity contribution in [2.75, 3.05) is 0 Å². The Balaban J connectivity index is 3.19. The summed E-state index contributed by atoms with van der Waals surface area (Å²) in [5, 5.41) is 13.9. The van der Waals surface area contributed by atoms with Crippen molar-refractivity contribution in [1.82, 2.24) is 0 Å². The van der Waals surface area contributed by atoms with Gasteiger partial charge >= 0.3 is 5.97 Å². The number of carbonyl (C=O) groups is 1. The molecule has 0 atom stereocenters. The third-order valence-electron chi connectivity index (χ3n) is 1.63. The number of carboxylic acid groups (broad SMARTS) is 1. The van der Waals surface area contributed by atoms with Gasteiger partial charge in [0.2, 0.25) is 0 Å². The van der Waals surface area contributed by atoms with Crippen LogP contribution in [0.2, 0.25) is 0 Å². The summed E-state index contributed by atoms with van der Waals surface area (Å²) in [6.07, 6.45) is 0. The van der Waals surface area contributed by atoms with Gasteiger partial charge < -0.3 is 5.11 Å². The van der Waals surface area contributed by atoms with Crippen LogP contribution in [0.25, 0.3) is 5.57 Å². The fraction of sp³-hybridized carbons (Fsp3) is 0. The highest BCUT2D eigenvalue weighted by molar-refractivity contribution is 6.15. The molecule has 0 heterocycles. The summed E-state index contributed by atoms with van der Waals surface area (Å²) in [6.45, 7) is 3.34. The van der Waals surface area contributed by atoms with E-state index in [0.717, 1.165) is 0 Å². The van der Waals surface area contributed by atoms with Crippen LogP contribution in [0.15, 0.2) is 41.3 Å². The molecule has 1 N–H and O–H groups in total. The van der Waals surface area contributed by atoms with Crippen LogP contribution in [0, 0.1) is 0 Å². The predicted octanol–water partition coefficient (Wildman–Crippen LogP) is 2.75. The summed E-state index contributed by atoms with van der Waals surface area (Å²) in [7, 11) is 0. The van der Waals surface area contributed by atoms with E-state index in [1.165, 1.54) is 12.1 Å². The van der Waals surface area contributed by atoms with E-state index in [2.05, 4.69) is 17.0 Å². The largest absolute Gasteiger partial charge is 0.478 e. The first-order valence-corrected chi connectivity index (χ1v) is 3.70. The van der Waals surface area contributed by atoms with E-state index in [4.69, 9.17) is 5.11 Å². The molecule has 5 heteroatoms. The van der Waals surface area contributed by atoms with Gasteiger partial charge in [0, 0.05) is 10.9 Å². The highest BCUT2D eigenvalue weighted by Gasteiger charge is 2.10. The standard InChI is InChI=1S/C9H7FN2O2/c1-6(9(13)14)7-4-2-3-5-8(7)11-12-10/h2-5H,1H2,(H,13,14). The Morgan fingerprint density at radius 1 is 1.43 bits per heavy atom. The summed E-state index contributed by atoms with van der Waals surface area (Å²) in [5.74, 6) is -1.17. The Hall–Kier alpha value is -2.04. The number of hydrogen-bond donors (Lipinski definition) is 1. The molecular formula is C9H7FN2O2. The number of rotatable bonds is 3. The molecule has 1 rings (SSSR count). The van der Waals surface area contributed by atoms with Gasteiger partial charge in [0.15, 0.2) is 0 Å². The highest BCUT2D eigenvalue weighted by atomic mass is 19.2. The number of halogens is 1. The maximum atomic E-state index is 11.6. The van der Waals surface area contributed by atoms with Crippen molar-refractivity contribution in [2.45, 2.75) is 0 Å². The molecule has 0 saturated carbocycles. The van der Waals surface area contributed by atoms with Gasteiger partial charge in [-0.15, -0.1) is 5.11 Å². The Labute approximate surface area is 79.3 Å². The molecule has 0 amide bonds. The molecule has 0 aliphatic rings. The van der Waals surface area contributed by atoms with Gasteiger partial charge in [0.1, 0.15) is 0 Å². The van der Waals surface area contributed by atoms with Crippen LogP contribution < -0.4 is 0 Å². The van der Waals surface area contributed by atoms with Crippen LogP contribution in [0.4, 0.5) is 10.2 Å². The van der Waals surface area contributed by atoms with Crippen LogP contribution in [0.5, 0.6) is 0 Å². The molecular weight excluding hydrogens is 187 g/mol. The topological polar surface area (TPSA) is 62.0 Å². The summed E-state index contributed by atoms with van der Waals surface area (Å²) in [4.78, 5) is 10.6. The summed E-state index contributed by atoms with van der Waals surface area (Å²) in [5.41, 5.74) is 0.247. The first-order chi connectivity index (χ1) is 6.66. The van der Waals surface area contributed by atoms with Crippen LogP contribution >= 0.6 is 0 Å². The molecule has 0 aromatic heterocycles. The molecule has 0 aliphatic heterocycles. The lowest BCUT2D eigenvalue weighted by molar-refractivity contribution is -0.130. The van der Waals surface area contributed by atoms with Crippen LogP contribution in [-0.4, -0.2) is 11.1 Å². The monoisotopic (exact) mass is 194 g/mol. The fourth-order valence-corrected chi connectivity index (χ4v) is 0.972. The van der Waals surface area contributed by atoms with Gasteiger partial charge in [-0.25, -0.2) is 4.79 Å². The predicted molar refractivity (Wildman–Crippen MR) is 48.7 cm³/mol. The van der Waals surface area contributed by atoms with Crippen molar-refractivity contribution < 1.29 is 14.4 Å². The molecule has 0 spiro atoms. The maximum Gasteiger partial charge on any atom is 0.335 e. The van der Waals surface area contributed by atoms with Crippen molar-refractivity contribution in [3.63, 3.8) is 0 Å². The number of aliphatic carboxylic acids is 1. The smallest absolute Gasteiger partial charge is 0.335 e. The fourth-order valence-electron chi connectivity index (χ4n) is 0.972. The summed E-state index contributed by atoms with van der Waals surface area (Å²) in [6, 6.07) is 6.15. The van der Waals surface area contributed by atoms with E-state index in [1.54, 1.807) is 12.1 Å². The second-order valence-electron chi connectivity index (χ2n) is 2.48. The summed E-state index contributed by atoms with van der Waals surface area (Å²) >= 11 is 0. The minimum atomic E-state index is -1.17. The molecule has 0 aliphatic carbocycles. The van der Waals surface area contributed by atoms with Gasteiger partial charge in [0.25, 0.3) is 0 Å². The summed E-state index contributed by atoms with van der Waals surface area (Å²) < 4.78 is 11.6. The lowest BCUT2D eigenvalue weighted by Crippen LogP contribution is -1.97. The molecule has 0 fully saturated rings. The van der Waals surface area contributed by atoms with Crippen molar-refractivity contribution >= 4 is 17.2 Å². The zero-order chi connectivity index (χ0) is 10.6. The third-order valence-corrected chi connectivity index (χ3v) is 1.63. The number of carboxylic acids is 1. The average Bonchev–Trinajstić information content (AvgIpc) is 2.18. The van der Waals surface area contributed by atoms with E-state index in [-0.39, 0.29) is 16.8 Å². The molecule has 72 valence electrons. The molecule has 1 aromatic rings. The number of hydrogen-bond acceptors (Lipinski definition) is 3. The van der Waals surface area contributed by atoms with Crippen LogP contribution in [0.1, 0.15) is 5.56 Å². The number of benzene rings is 1. The second-order valence-corrected chi connectivity index (χ2v) is 2.48. The second kappa shape index (κ2) is 4.27. The zero-order valence-corrected chi connectivity index (χ0v) is 7.14. The van der Waals surface area contributed by atoms with Gasteiger partial charge in [-0.05, 0) is 6.07 Å². The van der Waals surface area contributed by atoms with Gasteiger partial charge in [-0.2, -0.15) is 0 Å². The van der Waals surface area contributed by atoms with E-state index < -0.39 is 5.97 Å².